The Morgan fingerprint density at radius 2 is 2.08 bits per heavy atom. The summed E-state index contributed by atoms with van der Waals surface area (Å²) >= 11 is 0. The van der Waals surface area contributed by atoms with Gasteiger partial charge in [0.15, 0.2) is 0 Å². The van der Waals surface area contributed by atoms with E-state index in [1.807, 2.05) is 7.85 Å². The van der Waals surface area contributed by atoms with Gasteiger partial charge in [-0.1, -0.05) is 6.92 Å². The van der Waals surface area contributed by atoms with Gasteiger partial charge in [0, 0.05) is 20.1 Å². The van der Waals surface area contributed by atoms with Gasteiger partial charge in [-0.2, -0.15) is 0 Å². The van der Waals surface area contributed by atoms with Crippen LogP contribution in [-0.4, -0.2) is 46.9 Å². The minimum atomic E-state index is 0.185. The van der Waals surface area contributed by atoms with Crippen LogP contribution in [0.2, 0.25) is 0 Å². The van der Waals surface area contributed by atoms with Crippen LogP contribution >= 0.6 is 0 Å². The van der Waals surface area contributed by atoms with Crippen molar-refractivity contribution in [2.24, 2.45) is 5.92 Å². The molecule has 0 aromatic rings. The second kappa shape index (κ2) is 4.26. The molecule has 0 aromatic carbocycles. The summed E-state index contributed by atoms with van der Waals surface area (Å²) in [6.45, 7) is 2.80. The number of hydrogen-bond donors (Lipinski definition) is 0. The van der Waals surface area contributed by atoms with E-state index in [0.717, 1.165) is 0 Å². The summed E-state index contributed by atoms with van der Waals surface area (Å²) in [5.74, 6) is 0.421. The molecular formula is C8H17BO3. The van der Waals surface area contributed by atoms with Crippen molar-refractivity contribution in [3.8, 4) is 0 Å². The maximum atomic E-state index is 5.67. The average Bonchev–Trinajstić information content (AvgIpc) is 2.29. The van der Waals surface area contributed by atoms with E-state index >= 15 is 0 Å². The van der Waals surface area contributed by atoms with Crippen molar-refractivity contribution in [3.05, 3.63) is 0 Å². The predicted octanol–water partition coefficient (Wildman–Crippen LogP) is -0.358. The lowest BCUT2D eigenvalue weighted by atomic mass is 9.89. The van der Waals surface area contributed by atoms with E-state index in [-0.39, 0.29) is 18.2 Å². The van der Waals surface area contributed by atoms with Crippen LogP contribution in [0.15, 0.2) is 0 Å². The quantitative estimate of drug-likeness (QED) is 0.544. The molecular weight excluding hydrogens is 155 g/mol. The summed E-state index contributed by atoms with van der Waals surface area (Å²) in [6, 6.07) is 0.185. The van der Waals surface area contributed by atoms with Gasteiger partial charge in [-0.25, -0.2) is 0 Å². The highest BCUT2D eigenvalue weighted by molar-refractivity contribution is 6.11. The Kier molecular flexibility index (Phi) is 3.56. The van der Waals surface area contributed by atoms with Crippen LogP contribution < -0.4 is 0 Å². The molecule has 0 aliphatic carbocycles. The predicted molar refractivity (Wildman–Crippen MR) is 49.0 cm³/mol. The van der Waals surface area contributed by atoms with Gasteiger partial charge < -0.3 is 14.2 Å². The maximum Gasteiger partial charge on any atom is 0.142 e. The van der Waals surface area contributed by atoms with Crippen molar-refractivity contribution >= 4 is 7.85 Å². The van der Waals surface area contributed by atoms with Gasteiger partial charge in [0.25, 0.3) is 0 Å². The molecule has 1 aliphatic rings. The van der Waals surface area contributed by atoms with Crippen LogP contribution in [0.25, 0.3) is 0 Å². The van der Waals surface area contributed by atoms with Crippen LogP contribution in [-0.2, 0) is 14.2 Å². The molecule has 1 saturated heterocycles. The molecule has 1 aliphatic heterocycles. The van der Waals surface area contributed by atoms with E-state index in [0.29, 0.717) is 12.5 Å². The first-order valence-corrected chi connectivity index (χ1v) is 4.38. The van der Waals surface area contributed by atoms with Crippen LogP contribution in [0.3, 0.4) is 0 Å². The van der Waals surface area contributed by atoms with Crippen molar-refractivity contribution < 1.29 is 14.2 Å². The molecule has 3 nitrogen and oxygen atoms in total. The van der Waals surface area contributed by atoms with E-state index in [9.17, 15) is 0 Å². The lowest BCUT2D eigenvalue weighted by Gasteiger charge is -2.17. The second-order valence-electron chi connectivity index (χ2n) is 3.39. The van der Waals surface area contributed by atoms with Crippen molar-refractivity contribution in [2.75, 3.05) is 20.8 Å². The highest BCUT2D eigenvalue weighted by atomic mass is 16.6. The molecule has 1 heterocycles. The van der Waals surface area contributed by atoms with Gasteiger partial charge in [-0.3, -0.25) is 0 Å². The molecule has 0 spiro atoms. The SMILES string of the molecule is B[C@@H]1O[C@H](COC)[C@H](C)[C@H]1OC. The molecule has 0 aromatic heterocycles. The van der Waals surface area contributed by atoms with Crippen molar-refractivity contribution in [2.45, 2.75) is 25.1 Å². The Balaban J connectivity index is 2.49. The number of hydrogen-bond acceptors (Lipinski definition) is 3. The summed E-state index contributed by atoms with van der Waals surface area (Å²) < 4.78 is 16.1. The fraction of sp³-hybridized carbons (Fsp3) is 1.00. The minimum absolute atomic E-state index is 0.185. The van der Waals surface area contributed by atoms with E-state index in [4.69, 9.17) is 14.2 Å². The van der Waals surface area contributed by atoms with Crippen LogP contribution in [0.5, 0.6) is 0 Å². The number of rotatable bonds is 3. The van der Waals surface area contributed by atoms with Crippen molar-refractivity contribution in [1.29, 1.82) is 0 Å². The molecule has 4 heteroatoms. The molecule has 70 valence electrons. The van der Waals surface area contributed by atoms with Gasteiger partial charge in [-0.15, -0.1) is 0 Å². The number of ether oxygens (including phenoxy) is 3. The zero-order chi connectivity index (χ0) is 9.14. The third kappa shape index (κ3) is 1.81. The van der Waals surface area contributed by atoms with Gasteiger partial charge in [0.2, 0.25) is 0 Å². The fourth-order valence-corrected chi connectivity index (χ4v) is 1.88. The van der Waals surface area contributed by atoms with Gasteiger partial charge >= 0.3 is 0 Å². The Morgan fingerprint density at radius 3 is 2.50 bits per heavy atom. The van der Waals surface area contributed by atoms with Crippen LogP contribution in [0, 0.1) is 5.92 Å². The average molecular weight is 172 g/mol. The first kappa shape index (κ1) is 10.0. The maximum absolute atomic E-state index is 5.67. The molecule has 0 bridgehead atoms. The third-order valence-corrected chi connectivity index (χ3v) is 2.56. The molecule has 1 rings (SSSR count). The lowest BCUT2D eigenvalue weighted by Crippen LogP contribution is -2.28. The third-order valence-electron chi connectivity index (χ3n) is 2.56. The van der Waals surface area contributed by atoms with E-state index in [2.05, 4.69) is 6.92 Å². The van der Waals surface area contributed by atoms with E-state index in [1.54, 1.807) is 14.2 Å². The largest absolute Gasteiger partial charge is 0.382 e. The molecule has 0 unspecified atom stereocenters. The lowest BCUT2D eigenvalue weighted by molar-refractivity contribution is 0.00776. The van der Waals surface area contributed by atoms with Gasteiger partial charge in [0.05, 0.1) is 24.8 Å². The molecule has 0 saturated carbocycles. The summed E-state index contributed by atoms with van der Waals surface area (Å²) in [6.07, 6.45) is 0.403. The Hall–Kier alpha value is -0.0551. The van der Waals surface area contributed by atoms with E-state index < -0.39 is 0 Å². The highest BCUT2D eigenvalue weighted by Crippen LogP contribution is 2.27. The first-order chi connectivity index (χ1) is 5.70. The molecule has 1 fully saturated rings. The molecule has 12 heavy (non-hydrogen) atoms. The molecule has 0 amide bonds. The van der Waals surface area contributed by atoms with Crippen molar-refractivity contribution in [3.63, 3.8) is 0 Å². The Morgan fingerprint density at radius 1 is 1.42 bits per heavy atom. The zero-order valence-electron chi connectivity index (χ0n) is 8.24. The number of methoxy groups -OCH3 is 2. The van der Waals surface area contributed by atoms with Crippen LogP contribution in [0.4, 0.5) is 0 Å². The molecule has 0 N–H and O–H groups in total. The summed E-state index contributed by atoms with van der Waals surface area (Å²) in [5, 5.41) is 0. The fourth-order valence-electron chi connectivity index (χ4n) is 1.88. The highest BCUT2D eigenvalue weighted by Gasteiger charge is 2.39. The summed E-state index contributed by atoms with van der Waals surface area (Å²) in [7, 11) is 5.47. The van der Waals surface area contributed by atoms with E-state index in [1.165, 1.54) is 0 Å². The van der Waals surface area contributed by atoms with Gasteiger partial charge in [0.1, 0.15) is 7.85 Å². The summed E-state index contributed by atoms with van der Waals surface area (Å²) in [4.78, 5) is 0. The molecule has 0 radical (unpaired) electrons. The second-order valence-corrected chi connectivity index (χ2v) is 3.39. The zero-order valence-corrected chi connectivity index (χ0v) is 8.24. The normalized spacial score (nSPS) is 41.9. The van der Waals surface area contributed by atoms with Crippen LogP contribution in [0.1, 0.15) is 6.92 Å². The van der Waals surface area contributed by atoms with Gasteiger partial charge in [-0.05, 0) is 0 Å². The topological polar surface area (TPSA) is 27.7 Å². The minimum Gasteiger partial charge on any atom is -0.382 e. The standard InChI is InChI=1S/C8H17BO3/c1-5-6(4-10-2)12-8(9)7(5)11-3/h5-8H,4,9H2,1-3H3/t5-,6+,7+,8+/m0/s1. The first-order valence-electron chi connectivity index (χ1n) is 4.38. The monoisotopic (exact) mass is 172 g/mol. The van der Waals surface area contributed by atoms with Crippen molar-refractivity contribution in [1.82, 2.24) is 0 Å². The Labute approximate surface area is 74.8 Å². The molecule has 4 atom stereocenters. The smallest absolute Gasteiger partial charge is 0.142 e. The Bertz CT molecular complexity index is 142. The summed E-state index contributed by atoms with van der Waals surface area (Å²) in [5.41, 5.74) is 0.